The first kappa shape index (κ1) is 12.9. The van der Waals surface area contributed by atoms with Crippen molar-refractivity contribution in [2.75, 3.05) is 31.6 Å². The number of hydrogen-bond donors (Lipinski definition) is 1. The maximum atomic E-state index is 4.15. The zero-order chi connectivity index (χ0) is 11.9. The SMILES string of the molecule is CN(CCC1CSCCN1)Cc1cccnc1. The average Bonchev–Trinajstić information content (AvgIpc) is 2.39. The molecule has 1 atom stereocenters. The third kappa shape index (κ3) is 4.66. The molecule has 0 radical (unpaired) electrons. The van der Waals surface area contributed by atoms with Crippen LogP contribution in [0.3, 0.4) is 0 Å². The fraction of sp³-hybridized carbons (Fsp3) is 0.615. The normalized spacial score (nSPS) is 20.7. The number of nitrogens with zero attached hydrogens (tertiary/aromatic N) is 2. The Morgan fingerprint density at radius 2 is 2.53 bits per heavy atom. The molecule has 2 heterocycles. The second-order valence-electron chi connectivity index (χ2n) is 4.61. The van der Waals surface area contributed by atoms with Crippen LogP contribution in [0, 0.1) is 0 Å². The van der Waals surface area contributed by atoms with Gasteiger partial charge in [0.1, 0.15) is 0 Å². The Balaban J connectivity index is 1.68. The lowest BCUT2D eigenvalue weighted by molar-refractivity contribution is 0.304. The summed E-state index contributed by atoms with van der Waals surface area (Å²) >= 11 is 2.07. The number of pyridine rings is 1. The van der Waals surface area contributed by atoms with Gasteiger partial charge >= 0.3 is 0 Å². The quantitative estimate of drug-likeness (QED) is 0.860. The summed E-state index contributed by atoms with van der Waals surface area (Å²) in [6, 6.07) is 4.84. The molecule has 1 saturated heterocycles. The van der Waals surface area contributed by atoms with Gasteiger partial charge in [-0.15, -0.1) is 0 Å². The van der Waals surface area contributed by atoms with Crippen LogP contribution < -0.4 is 5.32 Å². The third-order valence-electron chi connectivity index (χ3n) is 3.03. The van der Waals surface area contributed by atoms with Crippen LogP contribution in [0.4, 0.5) is 0 Å². The molecule has 1 aliphatic heterocycles. The van der Waals surface area contributed by atoms with Crippen LogP contribution in [0.5, 0.6) is 0 Å². The van der Waals surface area contributed by atoms with E-state index in [4.69, 9.17) is 0 Å². The highest BCUT2D eigenvalue weighted by atomic mass is 32.2. The maximum absolute atomic E-state index is 4.15. The lowest BCUT2D eigenvalue weighted by atomic mass is 10.2. The molecule has 4 heteroatoms. The van der Waals surface area contributed by atoms with Gasteiger partial charge < -0.3 is 10.2 Å². The predicted octanol–water partition coefficient (Wildman–Crippen LogP) is 1.61. The van der Waals surface area contributed by atoms with E-state index in [1.165, 1.54) is 30.0 Å². The molecule has 0 saturated carbocycles. The minimum Gasteiger partial charge on any atom is -0.312 e. The Morgan fingerprint density at radius 1 is 1.59 bits per heavy atom. The molecule has 2 rings (SSSR count). The lowest BCUT2D eigenvalue weighted by Gasteiger charge is -2.25. The van der Waals surface area contributed by atoms with E-state index in [1.54, 1.807) is 0 Å². The van der Waals surface area contributed by atoms with E-state index >= 15 is 0 Å². The Morgan fingerprint density at radius 3 is 3.24 bits per heavy atom. The van der Waals surface area contributed by atoms with Crippen LogP contribution in [0.25, 0.3) is 0 Å². The molecule has 0 amide bonds. The summed E-state index contributed by atoms with van der Waals surface area (Å²) in [5.74, 6) is 2.53. The van der Waals surface area contributed by atoms with Gasteiger partial charge in [0.05, 0.1) is 0 Å². The highest BCUT2D eigenvalue weighted by Gasteiger charge is 2.13. The minimum absolute atomic E-state index is 0.699. The summed E-state index contributed by atoms with van der Waals surface area (Å²) in [4.78, 5) is 6.52. The Labute approximate surface area is 108 Å². The molecule has 1 unspecified atom stereocenters. The Hall–Kier alpha value is -0.580. The van der Waals surface area contributed by atoms with E-state index in [0.717, 1.165) is 13.1 Å². The second kappa shape index (κ2) is 6.99. The summed E-state index contributed by atoms with van der Waals surface area (Å²) in [6.07, 6.45) is 5.02. The Kier molecular flexibility index (Phi) is 5.29. The van der Waals surface area contributed by atoms with Gasteiger partial charge in [0.25, 0.3) is 0 Å². The smallest absolute Gasteiger partial charge is 0.0312 e. The molecular formula is C13H21N3S. The highest BCUT2D eigenvalue weighted by Crippen LogP contribution is 2.11. The summed E-state index contributed by atoms with van der Waals surface area (Å²) in [5, 5.41) is 3.58. The largest absolute Gasteiger partial charge is 0.312 e. The van der Waals surface area contributed by atoms with Gasteiger partial charge in [-0.25, -0.2) is 0 Å². The van der Waals surface area contributed by atoms with Crippen molar-refractivity contribution >= 4 is 11.8 Å². The van der Waals surface area contributed by atoms with Crippen molar-refractivity contribution in [2.24, 2.45) is 0 Å². The summed E-state index contributed by atoms with van der Waals surface area (Å²) in [7, 11) is 2.18. The van der Waals surface area contributed by atoms with Crippen molar-refractivity contribution < 1.29 is 0 Å². The molecule has 17 heavy (non-hydrogen) atoms. The van der Waals surface area contributed by atoms with E-state index in [9.17, 15) is 0 Å². The van der Waals surface area contributed by atoms with Crippen LogP contribution in [-0.4, -0.2) is 47.6 Å². The van der Waals surface area contributed by atoms with E-state index < -0.39 is 0 Å². The van der Waals surface area contributed by atoms with Crippen LogP contribution in [0.2, 0.25) is 0 Å². The van der Waals surface area contributed by atoms with Crippen LogP contribution >= 0.6 is 11.8 Å². The fourth-order valence-corrected chi connectivity index (χ4v) is 3.06. The van der Waals surface area contributed by atoms with Crippen molar-refractivity contribution in [1.82, 2.24) is 15.2 Å². The molecular weight excluding hydrogens is 230 g/mol. The van der Waals surface area contributed by atoms with E-state index in [2.05, 4.69) is 40.1 Å². The first-order chi connectivity index (χ1) is 8.34. The minimum atomic E-state index is 0.699. The van der Waals surface area contributed by atoms with Gasteiger partial charge in [0, 0.05) is 43.0 Å². The third-order valence-corrected chi connectivity index (χ3v) is 4.16. The summed E-state index contributed by atoms with van der Waals surface area (Å²) < 4.78 is 0. The van der Waals surface area contributed by atoms with Gasteiger partial charge in [-0.3, -0.25) is 4.98 Å². The van der Waals surface area contributed by atoms with Crippen molar-refractivity contribution in [1.29, 1.82) is 0 Å². The van der Waals surface area contributed by atoms with Gasteiger partial charge in [-0.2, -0.15) is 11.8 Å². The highest BCUT2D eigenvalue weighted by molar-refractivity contribution is 7.99. The number of rotatable bonds is 5. The molecule has 1 aromatic heterocycles. The first-order valence-electron chi connectivity index (χ1n) is 6.23. The molecule has 1 N–H and O–H groups in total. The zero-order valence-electron chi connectivity index (χ0n) is 10.4. The number of aromatic nitrogens is 1. The summed E-state index contributed by atoms with van der Waals surface area (Å²) in [5.41, 5.74) is 1.29. The van der Waals surface area contributed by atoms with Gasteiger partial charge in [-0.05, 0) is 31.6 Å². The van der Waals surface area contributed by atoms with E-state index in [1.807, 2.05) is 18.5 Å². The molecule has 94 valence electrons. The molecule has 0 spiro atoms. The molecule has 0 aliphatic carbocycles. The van der Waals surface area contributed by atoms with E-state index in [-0.39, 0.29) is 0 Å². The molecule has 3 nitrogen and oxygen atoms in total. The van der Waals surface area contributed by atoms with Crippen LogP contribution in [-0.2, 0) is 6.54 Å². The zero-order valence-corrected chi connectivity index (χ0v) is 11.2. The monoisotopic (exact) mass is 251 g/mol. The number of hydrogen-bond acceptors (Lipinski definition) is 4. The standard InChI is InChI=1S/C13H21N3S/c1-16(10-12-3-2-5-14-9-12)7-4-13-11-17-8-6-15-13/h2-3,5,9,13,15H,4,6-8,10-11H2,1H3. The summed E-state index contributed by atoms with van der Waals surface area (Å²) in [6.45, 7) is 3.31. The van der Waals surface area contributed by atoms with Crippen LogP contribution in [0.1, 0.15) is 12.0 Å². The number of nitrogens with one attached hydrogen (secondary N) is 1. The van der Waals surface area contributed by atoms with Crippen molar-refractivity contribution in [3.05, 3.63) is 30.1 Å². The molecule has 1 fully saturated rings. The van der Waals surface area contributed by atoms with Gasteiger partial charge in [-0.1, -0.05) is 6.07 Å². The predicted molar refractivity (Wildman–Crippen MR) is 74.3 cm³/mol. The fourth-order valence-electron chi connectivity index (χ4n) is 2.06. The Bertz CT molecular complexity index is 312. The second-order valence-corrected chi connectivity index (χ2v) is 5.76. The lowest BCUT2D eigenvalue weighted by Crippen LogP contribution is -2.39. The van der Waals surface area contributed by atoms with Gasteiger partial charge in [0.15, 0.2) is 0 Å². The maximum Gasteiger partial charge on any atom is 0.0312 e. The first-order valence-corrected chi connectivity index (χ1v) is 7.38. The van der Waals surface area contributed by atoms with Crippen molar-refractivity contribution in [3.8, 4) is 0 Å². The average molecular weight is 251 g/mol. The van der Waals surface area contributed by atoms with Crippen molar-refractivity contribution in [2.45, 2.75) is 19.0 Å². The number of thioether (sulfide) groups is 1. The van der Waals surface area contributed by atoms with E-state index in [0.29, 0.717) is 6.04 Å². The molecule has 1 aliphatic rings. The van der Waals surface area contributed by atoms with Crippen LogP contribution in [0.15, 0.2) is 24.5 Å². The van der Waals surface area contributed by atoms with Crippen molar-refractivity contribution in [3.63, 3.8) is 0 Å². The molecule has 1 aromatic rings. The van der Waals surface area contributed by atoms with Gasteiger partial charge in [0.2, 0.25) is 0 Å². The molecule has 0 bridgehead atoms. The molecule has 0 aromatic carbocycles. The topological polar surface area (TPSA) is 28.2 Å².